The second-order valence-electron chi connectivity index (χ2n) is 6.26. The van der Waals surface area contributed by atoms with E-state index in [1.165, 1.54) is 19.3 Å². The summed E-state index contributed by atoms with van der Waals surface area (Å²) in [6, 6.07) is 0.427. The Labute approximate surface area is 142 Å². The fourth-order valence-corrected chi connectivity index (χ4v) is 3.29. The molecule has 0 aliphatic carbocycles. The summed E-state index contributed by atoms with van der Waals surface area (Å²) < 4.78 is 7.18. The Morgan fingerprint density at radius 3 is 2.88 bits per heavy atom. The summed E-state index contributed by atoms with van der Waals surface area (Å²) in [4.78, 5) is 18.9. The molecule has 0 unspecified atom stereocenters. The molecule has 0 spiro atoms. The summed E-state index contributed by atoms with van der Waals surface area (Å²) in [5, 5.41) is 6.76. The van der Waals surface area contributed by atoms with Crippen LogP contribution < -0.4 is 0 Å². The molecular weight excluding hydrogens is 306 g/mol. The second-order valence-corrected chi connectivity index (χ2v) is 6.26. The molecule has 1 N–H and O–H groups in total. The van der Waals surface area contributed by atoms with E-state index in [4.69, 9.17) is 4.74 Å². The van der Waals surface area contributed by atoms with Crippen LogP contribution in [0.25, 0.3) is 11.3 Å². The fraction of sp³-hybridized carbons (Fsp3) is 0.588. The minimum Gasteiger partial charge on any atom is -0.461 e. The molecule has 1 atom stereocenters. The molecule has 7 heteroatoms. The van der Waals surface area contributed by atoms with E-state index in [1.807, 2.05) is 6.33 Å². The number of ether oxygens (including phenoxy) is 1. The Balaban J connectivity index is 1.78. The number of aromatic amines is 1. The molecule has 24 heavy (non-hydrogen) atoms. The molecule has 0 radical (unpaired) electrons. The van der Waals surface area contributed by atoms with Gasteiger partial charge >= 0.3 is 5.97 Å². The molecule has 1 aliphatic rings. The van der Waals surface area contributed by atoms with Crippen molar-refractivity contribution in [3.05, 3.63) is 24.4 Å². The van der Waals surface area contributed by atoms with Crippen molar-refractivity contribution in [1.82, 2.24) is 24.6 Å². The summed E-state index contributed by atoms with van der Waals surface area (Å²) in [6.07, 6.45) is 9.13. The minimum atomic E-state index is -0.387. The van der Waals surface area contributed by atoms with Crippen LogP contribution in [0.1, 0.15) is 43.6 Å². The van der Waals surface area contributed by atoms with Crippen molar-refractivity contribution in [2.45, 2.75) is 45.7 Å². The number of esters is 1. The lowest BCUT2D eigenvalue weighted by atomic mass is 10.1. The van der Waals surface area contributed by atoms with Crippen LogP contribution in [0.3, 0.4) is 0 Å². The minimum absolute atomic E-state index is 0.336. The molecule has 0 amide bonds. The first kappa shape index (κ1) is 16.7. The van der Waals surface area contributed by atoms with Crippen LogP contribution >= 0.6 is 0 Å². The molecule has 1 saturated heterocycles. The van der Waals surface area contributed by atoms with Gasteiger partial charge in [0.25, 0.3) is 0 Å². The third-order valence-electron chi connectivity index (χ3n) is 4.58. The first-order chi connectivity index (χ1) is 11.7. The van der Waals surface area contributed by atoms with Crippen molar-refractivity contribution in [1.29, 1.82) is 0 Å². The van der Waals surface area contributed by atoms with Crippen LogP contribution in [0.5, 0.6) is 0 Å². The van der Waals surface area contributed by atoms with Crippen molar-refractivity contribution in [2.24, 2.45) is 0 Å². The molecular formula is C17H25N5O2. The first-order valence-corrected chi connectivity index (χ1v) is 8.65. The molecule has 2 aromatic rings. The Morgan fingerprint density at radius 2 is 2.12 bits per heavy atom. The number of rotatable bonds is 6. The number of aromatic nitrogens is 4. The average Bonchev–Trinajstić information content (AvgIpc) is 3.24. The van der Waals surface area contributed by atoms with Crippen molar-refractivity contribution in [3.63, 3.8) is 0 Å². The Bertz CT molecular complexity index is 672. The molecule has 0 bridgehead atoms. The number of nitrogens with one attached hydrogen (secondary N) is 1. The zero-order valence-electron chi connectivity index (χ0n) is 14.4. The van der Waals surface area contributed by atoms with Gasteiger partial charge in [0.2, 0.25) is 0 Å². The molecule has 1 aliphatic heterocycles. The van der Waals surface area contributed by atoms with E-state index < -0.39 is 0 Å². The van der Waals surface area contributed by atoms with Gasteiger partial charge in [-0.2, -0.15) is 5.10 Å². The van der Waals surface area contributed by atoms with Gasteiger partial charge in [-0.05, 0) is 39.8 Å². The smallest absolute Gasteiger partial charge is 0.357 e. The Morgan fingerprint density at radius 1 is 1.33 bits per heavy atom. The van der Waals surface area contributed by atoms with Crippen molar-refractivity contribution in [3.8, 4) is 11.3 Å². The van der Waals surface area contributed by atoms with Crippen LogP contribution in [0.15, 0.2) is 18.7 Å². The SMILES string of the molecule is CCOC(=O)c1[nH]ncc1-c1cncn1C[C@H](C)N1CCCCC1. The number of imidazole rings is 1. The standard InChI is InChI=1S/C17H25N5O2/c1-3-24-17(23)16-14(9-19-20-16)15-10-18-12-22(15)11-13(2)21-7-5-4-6-8-21/h9-10,12-13H,3-8,11H2,1-2H3,(H,19,20)/t13-/m0/s1. The quantitative estimate of drug-likeness (QED) is 0.822. The van der Waals surface area contributed by atoms with E-state index in [1.54, 1.807) is 19.3 Å². The van der Waals surface area contributed by atoms with Crippen LogP contribution in [0, 0.1) is 0 Å². The average molecular weight is 331 g/mol. The number of carbonyl (C=O) groups excluding carboxylic acids is 1. The highest BCUT2D eigenvalue weighted by Gasteiger charge is 2.21. The summed E-state index contributed by atoms with van der Waals surface area (Å²) in [7, 11) is 0. The molecule has 1 fully saturated rings. The van der Waals surface area contributed by atoms with Crippen molar-refractivity contribution in [2.75, 3.05) is 19.7 Å². The van der Waals surface area contributed by atoms with Crippen molar-refractivity contribution < 1.29 is 9.53 Å². The van der Waals surface area contributed by atoms with E-state index in [9.17, 15) is 4.79 Å². The second kappa shape index (κ2) is 7.61. The highest BCUT2D eigenvalue weighted by atomic mass is 16.5. The third-order valence-corrected chi connectivity index (χ3v) is 4.58. The maximum atomic E-state index is 12.1. The van der Waals surface area contributed by atoms with Gasteiger partial charge < -0.3 is 9.30 Å². The largest absolute Gasteiger partial charge is 0.461 e. The summed E-state index contributed by atoms with van der Waals surface area (Å²) >= 11 is 0. The van der Waals surface area contributed by atoms with Gasteiger partial charge in [0.1, 0.15) is 0 Å². The van der Waals surface area contributed by atoms with Gasteiger partial charge in [-0.15, -0.1) is 0 Å². The third kappa shape index (κ3) is 3.51. The number of hydrogen-bond acceptors (Lipinski definition) is 5. The number of likely N-dealkylation sites (tertiary alicyclic amines) is 1. The topological polar surface area (TPSA) is 76.0 Å². The van der Waals surface area contributed by atoms with Gasteiger partial charge in [-0.25, -0.2) is 9.78 Å². The van der Waals surface area contributed by atoms with E-state index in [0.29, 0.717) is 18.3 Å². The van der Waals surface area contributed by atoms with Crippen molar-refractivity contribution >= 4 is 5.97 Å². The highest BCUT2D eigenvalue weighted by molar-refractivity contribution is 5.94. The monoisotopic (exact) mass is 331 g/mol. The van der Waals surface area contributed by atoms with Gasteiger partial charge in [0.15, 0.2) is 5.69 Å². The van der Waals surface area contributed by atoms with Gasteiger partial charge in [0, 0.05) is 12.6 Å². The van der Waals surface area contributed by atoms with Crippen LogP contribution in [0.4, 0.5) is 0 Å². The number of piperidine rings is 1. The predicted molar refractivity (Wildman–Crippen MR) is 90.7 cm³/mol. The Kier molecular flexibility index (Phi) is 5.30. The van der Waals surface area contributed by atoms with Crippen LogP contribution in [0.2, 0.25) is 0 Å². The highest BCUT2D eigenvalue weighted by Crippen LogP contribution is 2.23. The molecule has 130 valence electrons. The lowest BCUT2D eigenvalue weighted by molar-refractivity contribution is 0.0520. The number of nitrogens with zero attached hydrogens (tertiary/aromatic N) is 4. The zero-order chi connectivity index (χ0) is 16.9. The lowest BCUT2D eigenvalue weighted by Crippen LogP contribution is -2.39. The van der Waals surface area contributed by atoms with E-state index in [-0.39, 0.29) is 5.97 Å². The summed E-state index contributed by atoms with van der Waals surface area (Å²) in [5.41, 5.74) is 2.00. The molecule has 3 rings (SSSR count). The van der Waals surface area contributed by atoms with Gasteiger partial charge in [-0.1, -0.05) is 6.42 Å². The normalized spacial score (nSPS) is 16.9. The number of H-pyrrole nitrogens is 1. The molecule has 2 aromatic heterocycles. The molecule has 7 nitrogen and oxygen atoms in total. The summed E-state index contributed by atoms with van der Waals surface area (Å²) in [5.74, 6) is -0.387. The number of carbonyl (C=O) groups is 1. The maximum absolute atomic E-state index is 12.1. The fourth-order valence-electron chi connectivity index (χ4n) is 3.29. The van der Waals surface area contributed by atoms with Crippen LogP contribution in [-0.4, -0.2) is 56.4 Å². The number of hydrogen-bond donors (Lipinski definition) is 1. The van der Waals surface area contributed by atoms with E-state index in [0.717, 1.165) is 30.9 Å². The first-order valence-electron chi connectivity index (χ1n) is 8.65. The molecule has 3 heterocycles. The van der Waals surface area contributed by atoms with Gasteiger partial charge in [0.05, 0.1) is 36.6 Å². The lowest BCUT2D eigenvalue weighted by Gasteiger charge is -2.32. The van der Waals surface area contributed by atoms with Crippen LogP contribution in [-0.2, 0) is 11.3 Å². The van der Waals surface area contributed by atoms with E-state index >= 15 is 0 Å². The zero-order valence-corrected chi connectivity index (χ0v) is 14.4. The maximum Gasteiger partial charge on any atom is 0.357 e. The predicted octanol–water partition coefficient (Wildman–Crippen LogP) is 2.32. The summed E-state index contributed by atoms with van der Waals surface area (Å²) in [6.45, 7) is 7.52. The molecule has 0 aromatic carbocycles. The van der Waals surface area contributed by atoms with E-state index in [2.05, 4.69) is 31.6 Å². The Hall–Kier alpha value is -2.15. The van der Waals surface area contributed by atoms with Gasteiger partial charge in [-0.3, -0.25) is 10.00 Å². The molecule has 0 saturated carbocycles.